The molecule has 2 amide bonds. The summed E-state index contributed by atoms with van der Waals surface area (Å²) in [5.74, 6) is -0.308. The summed E-state index contributed by atoms with van der Waals surface area (Å²) in [6.45, 7) is 5.23. The number of hydrogen-bond donors (Lipinski definition) is 2. The maximum absolute atomic E-state index is 12.3. The summed E-state index contributed by atoms with van der Waals surface area (Å²) in [4.78, 5) is 26.1. The fourth-order valence-corrected chi connectivity index (χ4v) is 3.01. The number of halogens is 3. The zero-order valence-electron chi connectivity index (χ0n) is 15.0. The second kappa shape index (κ2) is 9.83. The highest BCUT2D eigenvalue weighted by molar-refractivity contribution is 6.44. The molecule has 2 rings (SSSR count). The Hall–Kier alpha value is -1.95. The highest BCUT2D eigenvalue weighted by Crippen LogP contribution is 2.32. The van der Waals surface area contributed by atoms with E-state index in [1.54, 1.807) is 29.2 Å². The van der Waals surface area contributed by atoms with Gasteiger partial charge in [0.1, 0.15) is 0 Å². The van der Waals surface area contributed by atoms with E-state index in [9.17, 15) is 9.59 Å². The van der Waals surface area contributed by atoms with E-state index < -0.39 is 0 Å². The van der Waals surface area contributed by atoms with Crippen molar-refractivity contribution >= 4 is 58.0 Å². The number of rotatable bonds is 7. The summed E-state index contributed by atoms with van der Waals surface area (Å²) >= 11 is 17.9. The van der Waals surface area contributed by atoms with Crippen LogP contribution in [0.3, 0.4) is 0 Å². The van der Waals surface area contributed by atoms with Crippen LogP contribution in [0.5, 0.6) is 0 Å². The van der Waals surface area contributed by atoms with Gasteiger partial charge in [-0.2, -0.15) is 0 Å². The lowest BCUT2D eigenvalue weighted by Gasteiger charge is -2.18. The molecule has 5 nitrogen and oxygen atoms in total. The highest BCUT2D eigenvalue weighted by atomic mass is 35.5. The lowest BCUT2D eigenvalue weighted by molar-refractivity contribution is -0.114. The third kappa shape index (κ3) is 5.76. The van der Waals surface area contributed by atoms with Crippen molar-refractivity contribution in [1.82, 2.24) is 4.90 Å². The number of hydrogen-bond acceptors (Lipinski definition) is 3. The molecule has 0 aliphatic rings. The first kappa shape index (κ1) is 21.4. The quantitative estimate of drug-likeness (QED) is 0.597. The summed E-state index contributed by atoms with van der Waals surface area (Å²) in [6, 6.07) is 9.96. The minimum Gasteiger partial charge on any atom is -0.376 e. The second-order valence-corrected chi connectivity index (χ2v) is 6.92. The predicted octanol–water partition coefficient (Wildman–Crippen LogP) is 5.18. The summed E-state index contributed by atoms with van der Waals surface area (Å²) in [7, 11) is 0. The third-order valence-electron chi connectivity index (χ3n) is 3.92. The molecule has 0 saturated heterocycles. The molecule has 0 atom stereocenters. The molecule has 0 heterocycles. The Morgan fingerprint density at radius 3 is 2.11 bits per heavy atom. The van der Waals surface area contributed by atoms with E-state index in [0.29, 0.717) is 39.4 Å². The van der Waals surface area contributed by atoms with Crippen molar-refractivity contribution in [1.29, 1.82) is 0 Å². The molecule has 144 valence electrons. The topological polar surface area (TPSA) is 61.4 Å². The number of carbonyl (C=O) groups is 2. The highest BCUT2D eigenvalue weighted by Gasteiger charge is 2.12. The Morgan fingerprint density at radius 2 is 1.52 bits per heavy atom. The minimum atomic E-state index is -0.293. The number of nitrogens with one attached hydrogen (secondary N) is 2. The summed E-state index contributed by atoms with van der Waals surface area (Å²) in [6.07, 6.45) is 0. The maximum Gasteiger partial charge on any atom is 0.253 e. The SMILES string of the molecule is CCN(CC)C(=O)c1ccc(NCC(=O)Nc2cc(Cl)c(Cl)cc2Cl)cc1. The molecule has 0 saturated carbocycles. The maximum atomic E-state index is 12.3. The van der Waals surface area contributed by atoms with E-state index in [-0.39, 0.29) is 18.4 Å². The Morgan fingerprint density at radius 1 is 0.926 bits per heavy atom. The van der Waals surface area contributed by atoms with Gasteiger partial charge in [-0.15, -0.1) is 0 Å². The Bertz CT molecular complexity index is 822. The Labute approximate surface area is 173 Å². The smallest absolute Gasteiger partial charge is 0.253 e. The molecule has 0 unspecified atom stereocenters. The summed E-state index contributed by atoms with van der Waals surface area (Å²) in [5, 5.41) is 6.59. The molecular formula is C19H20Cl3N3O2. The molecule has 0 fully saturated rings. The zero-order chi connectivity index (χ0) is 20.0. The predicted molar refractivity (Wildman–Crippen MR) is 112 cm³/mol. The molecule has 8 heteroatoms. The van der Waals surface area contributed by atoms with E-state index in [0.717, 1.165) is 5.69 Å². The van der Waals surface area contributed by atoms with Gasteiger partial charge in [-0.1, -0.05) is 34.8 Å². The Balaban J connectivity index is 1.94. The Kier molecular flexibility index (Phi) is 7.78. The number of amides is 2. The van der Waals surface area contributed by atoms with Gasteiger partial charge in [-0.25, -0.2) is 0 Å². The van der Waals surface area contributed by atoms with Crippen LogP contribution < -0.4 is 10.6 Å². The van der Waals surface area contributed by atoms with Gasteiger partial charge in [0.2, 0.25) is 5.91 Å². The van der Waals surface area contributed by atoms with Gasteiger partial charge >= 0.3 is 0 Å². The molecule has 2 aromatic rings. The fraction of sp³-hybridized carbons (Fsp3) is 0.263. The molecule has 0 radical (unpaired) electrons. The number of nitrogens with zero attached hydrogens (tertiary/aromatic N) is 1. The molecule has 0 bridgehead atoms. The van der Waals surface area contributed by atoms with Crippen LogP contribution in [-0.2, 0) is 4.79 Å². The number of anilines is 2. The normalized spacial score (nSPS) is 10.4. The minimum absolute atomic E-state index is 0.0152. The van der Waals surface area contributed by atoms with Crippen molar-refractivity contribution in [2.24, 2.45) is 0 Å². The lowest BCUT2D eigenvalue weighted by Crippen LogP contribution is -2.30. The summed E-state index contributed by atoms with van der Waals surface area (Å²) < 4.78 is 0. The van der Waals surface area contributed by atoms with E-state index in [2.05, 4.69) is 10.6 Å². The standard InChI is InChI=1S/C19H20Cl3N3O2/c1-3-25(4-2)19(27)12-5-7-13(8-6-12)23-11-18(26)24-17-10-15(21)14(20)9-16(17)22/h5-10,23H,3-4,11H2,1-2H3,(H,24,26). The molecule has 2 aromatic carbocycles. The van der Waals surface area contributed by atoms with Crippen LogP contribution >= 0.6 is 34.8 Å². The largest absolute Gasteiger partial charge is 0.376 e. The van der Waals surface area contributed by atoms with Crippen molar-refractivity contribution < 1.29 is 9.59 Å². The number of benzene rings is 2. The molecule has 2 N–H and O–H groups in total. The first-order chi connectivity index (χ1) is 12.8. The average Bonchev–Trinajstić information content (AvgIpc) is 2.65. The van der Waals surface area contributed by atoms with Crippen LogP contribution in [0.2, 0.25) is 15.1 Å². The van der Waals surface area contributed by atoms with Crippen LogP contribution in [0.25, 0.3) is 0 Å². The van der Waals surface area contributed by atoms with E-state index in [1.165, 1.54) is 12.1 Å². The molecule has 0 aliphatic heterocycles. The molecule has 0 aromatic heterocycles. The van der Waals surface area contributed by atoms with Crippen LogP contribution in [0.15, 0.2) is 36.4 Å². The van der Waals surface area contributed by atoms with Gasteiger partial charge in [0.25, 0.3) is 5.91 Å². The molecule has 27 heavy (non-hydrogen) atoms. The van der Waals surface area contributed by atoms with Crippen LogP contribution in [0.1, 0.15) is 24.2 Å². The van der Waals surface area contributed by atoms with Crippen LogP contribution in [0.4, 0.5) is 11.4 Å². The second-order valence-electron chi connectivity index (χ2n) is 5.70. The fourth-order valence-electron chi connectivity index (χ4n) is 2.42. The number of carbonyl (C=O) groups excluding carboxylic acids is 2. The van der Waals surface area contributed by atoms with Gasteiger partial charge in [-0.05, 0) is 50.2 Å². The van der Waals surface area contributed by atoms with Crippen molar-refractivity contribution in [2.45, 2.75) is 13.8 Å². The van der Waals surface area contributed by atoms with E-state index in [1.807, 2.05) is 13.8 Å². The molecule has 0 aliphatic carbocycles. The first-order valence-electron chi connectivity index (χ1n) is 8.43. The molecule has 0 spiro atoms. The van der Waals surface area contributed by atoms with E-state index >= 15 is 0 Å². The monoisotopic (exact) mass is 427 g/mol. The van der Waals surface area contributed by atoms with Crippen LogP contribution in [0, 0.1) is 0 Å². The van der Waals surface area contributed by atoms with Crippen molar-refractivity contribution in [2.75, 3.05) is 30.3 Å². The average molecular weight is 429 g/mol. The van der Waals surface area contributed by atoms with Gasteiger partial charge < -0.3 is 15.5 Å². The van der Waals surface area contributed by atoms with Crippen molar-refractivity contribution in [3.63, 3.8) is 0 Å². The van der Waals surface area contributed by atoms with Gasteiger partial charge in [0.15, 0.2) is 0 Å². The van der Waals surface area contributed by atoms with Gasteiger partial charge in [0, 0.05) is 24.3 Å². The van der Waals surface area contributed by atoms with Crippen molar-refractivity contribution in [3.8, 4) is 0 Å². The van der Waals surface area contributed by atoms with E-state index in [4.69, 9.17) is 34.8 Å². The van der Waals surface area contributed by atoms with Crippen LogP contribution in [-0.4, -0.2) is 36.3 Å². The van der Waals surface area contributed by atoms with Gasteiger partial charge in [0.05, 0.1) is 27.3 Å². The molecular weight excluding hydrogens is 409 g/mol. The van der Waals surface area contributed by atoms with Crippen molar-refractivity contribution in [3.05, 3.63) is 57.0 Å². The zero-order valence-corrected chi connectivity index (χ0v) is 17.3. The lowest BCUT2D eigenvalue weighted by atomic mass is 10.2. The first-order valence-corrected chi connectivity index (χ1v) is 9.56. The van der Waals surface area contributed by atoms with Gasteiger partial charge in [-0.3, -0.25) is 9.59 Å². The summed E-state index contributed by atoms with van der Waals surface area (Å²) in [5.41, 5.74) is 1.72. The third-order valence-corrected chi connectivity index (χ3v) is 4.95.